The molecule has 0 spiro atoms. The van der Waals surface area contributed by atoms with Crippen molar-refractivity contribution < 1.29 is 9.53 Å². The van der Waals surface area contributed by atoms with Gasteiger partial charge in [-0.25, -0.2) is 9.97 Å². The Morgan fingerprint density at radius 2 is 2.29 bits per heavy atom. The van der Waals surface area contributed by atoms with Crippen molar-refractivity contribution in [3.05, 3.63) is 17.6 Å². The van der Waals surface area contributed by atoms with Crippen LogP contribution in [0.15, 0.2) is 6.07 Å². The number of aryl methyl sites for hydroxylation is 2. The van der Waals surface area contributed by atoms with Crippen molar-refractivity contribution in [3.8, 4) is 0 Å². The van der Waals surface area contributed by atoms with Crippen LogP contribution in [0.3, 0.4) is 0 Å². The number of nitrogens with one attached hydrogen (secondary N) is 1. The first-order valence-corrected chi connectivity index (χ1v) is 7.44. The summed E-state index contributed by atoms with van der Waals surface area (Å²) in [4.78, 5) is 23.1. The van der Waals surface area contributed by atoms with Crippen LogP contribution >= 0.6 is 0 Å². The molecule has 1 atom stereocenters. The largest absolute Gasteiger partial charge is 0.383 e. The Kier molecular flexibility index (Phi) is 5.50. The first-order valence-electron chi connectivity index (χ1n) is 7.44. The molecule has 116 valence electrons. The summed E-state index contributed by atoms with van der Waals surface area (Å²) < 4.78 is 4.95. The number of aromatic nitrogens is 2. The van der Waals surface area contributed by atoms with Crippen molar-refractivity contribution in [1.29, 1.82) is 0 Å². The highest BCUT2D eigenvalue weighted by Crippen LogP contribution is 2.22. The third kappa shape index (κ3) is 4.39. The second-order valence-electron chi connectivity index (χ2n) is 5.48. The molecule has 0 radical (unpaired) electrons. The van der Waals surface area contributed by atoms with E-state index in [4.69, 9.17) is 4.74 Å². The van der Waals surface area contributed by atoms with Gasteiger partial charge in [0.25, 0.3) is 0 Å². The number of hydrogen-bond donors (Lipinski definition) is 1. The van der Waals surface area contributed by atoms with Crippen LogP contribution in [0.4, 0.5) is 5.82 Å². The molecule has 1 N–H and O–H groups in total. The van der Waals surface area contributed by atoms with Crippen LogP contribution in [-0.4, -0.2) is 49.2 Å². The van der Waals surface area contributed by atoms with Crippen molar-refractivity contribution in [1.82, 2.24) is 15.3 Å². The van der Waals surface area contributed by atoms with E-state index in [1.807, 2.05) is 19.9 Å². The third-order valence-electron chi connectivity index (χ3n) is 3.67. The number of ether oxygens (including phenoxy) is 1. The normalized spacial score (nSPS) is 18.6. The number of hydrogen-bond acceptors (Lipinski definition) is 5. The zero-order valence-electron chi connectivity index (χ0n) is 13.1. The fourth-order valence-corrected chi connectivity index (χ4v) is 2.68. The predicted molar refractivity (Wildman–Crippen MR) is 81.3 cm³/mol. The summed E-state index contributed by atoms with van der Waals surface area (Å²) in [6.45, 7) is 6.64. The Bertz CT molecular complexity index is 472. The monoisotopic (exact) mass is 292 g/mol. The van der Waals surface area contributed by atoms with Gasteiger partial charge in [0.15, 0.2) is 0 Å². The van der Waals surface area contributed by atoms with Crippen molar-refractivity contribution in [3.63, 3.8) is 0 Å². The lowest BCUT2D eigenvalue weighted by Crippen LogP contribution is -2.44. The molecule has 0 saturated carbocycles. The summed E-state index contributed by atoms with van der Waals surface area (Å²) in [7, 11) is 1.63. The van der Waals surface area contributed by atoms with Gasteiger partial charge in [-0.1, -0.05) is 0 Å². The van der Waals surface area contributed by atoms with Gasteiger partial charge in [-0.3, -0.25) is 4.79 Å². The highest BCUT2D eigenvalue weighted by molar-refractivity contribution is 5.79. The summed E-state index contributed by atoms with van der Waals surface area (Å²) in [5.74, 6) is 1.83. The van der Waals surface area contributed by atoms with Crippen molar-refractivity contribution in [2.24, 2.45) is 5.92 Å². The minimum absolute atomic E-state index is 0.0196. The van der Waals surface area contributed by atoms with E-state index in [0.717, 1.165) is 36.7 Å². The lowest BCUT2D eigenvalue weighted by atomic mass is 9.97. The summed E-state index contributed by atoms with van der Waals surface area (Å²) >= 11 is 0. The van der Waals surface area contributed by atoms with Gasteiger partial charge < -0.3 is 15.0 Å². The Labute approximate surface area is 125 Å². The van der Waals surface area contributed by atoms with Gasteiger partial charge in [-0.15, -0.1) is 0 Å². The van der Waals surface area contributed by atoms with Gasteiger partial charge in [0, 0.05) is 38.5 Å². The van der Waals surface area contributed by atoms with Gasteiger partial charge in [-0.2, -0.15) is 0 Å². The molecule has 1 aliphatic rings. The number of carbonyl (C=O) groups excluding carboxylic acids is 1. The molecule has 0 aromatic carbocycles. The Hall–Kier alpha value is -1.69. The first-order chi connectivity index (χ1) is 10.1. The molecule has 1 aromatic heterocycles. The van der Waals surface area contributed by atoms with Crippen LogP contribution in [0.25, 0.3) is 0 Å². The van der Waals surface area contributed by atoms with Crippen molar-refractivity contribution in [2.45, 2.75) is 26.7 Å². The van der Waals surface area contributed by atoms with Gasteiger partial charge in [0.1, 0.15) is 11.6 Å². The standard InChI is InChI=1S/C15H24N4O2/c1-11-9-14(18-12(2)17-11)19-7-4-5-13(10-19)15(20)16-6-8-21-3/h9,13H,4-8,10H2,1-3H3,(H,16,20)/t13-/m1/s1. The molecule has 0 unspecified atom stereocenters. The first kappa shape index (κ1) is 15.7. The topological polar surface area (TPSA) is 67.3 Å². The lowest BCUT2D eigenvalue weighted by molar-refractivity contribution is -0.125. The fourth-order valence-electron chi connectivity index (χ4n) is 2.68. The minimum atomic E-state index is 0.0196. The van der Waals surface area contributed by atoms with Crippen molar-refractivity contribution >= 4 is 11.7 Å². The van der Waals surface area contributed by atoms with E-state index in [9.17, 15) is 4.79 Å². The maximum Gasteiger partial charge on any atom is 0.224 e. The predicted octanol–water partition coefficient (Wildman–Crippen LogP) is 1.07. The zero-order chi connectivity index (χ0) is 15.2. The van der Waals surface area contributed by atoms with Crippen LogP contribution < -0.4 is 10.2 Å². The smallest absolute Gasteiger partial charge is 0.224 e. The van der Waals surface area contributed by atoms with Crippen LogP contribution in [0, 0.1) is 19.8 Å². The van der Waals surface area contributed by atoms with Crippen LogP contribution in [0.2, 0.25) is 0 Å². The number of carbonyl (C=O) groups is 1. The summed E-state index contributed by atoms with van der Waals surface area (Å²) in [5.41, 5.74) is 0.962. The van der Waals surface area contributed by atoms with E-state index in [1.165, 1.54) is 0 Å². The second kappa shape index (κ2) is 7.36. The molecule has 2 rings (SSSR count). The maximum absolute atomic E-state index is 12.2. The van der Waals surface area contributed by atoms with E-state index >= 15 is 0 Å². The molecule has 1 saturated heterocycles. The van der Waals surface area contributed by atoms with Crippen LogP contribution in [0.1, 0.15) is 24.4 Å². The molecular weight excluding hydrogens is 268 g/mol. The maximum atomic E-state index is 12.2. The highest BCUT2D eigenvalue weighted by Gasteiger charge is 2.26. The average molecular weight is 292 g/mol. The lowest BCUT2D eigenvalue weighted by Gasteiger charge is -2.33. The SMILES string of the molecule is COCCNC(=O)[C@@H]1CCCN(c2cc(C)nc(C)n2)C1. The third-order valence-corrected chi connectivity index (χ3v) is 3.67. The number of amides is 1. The molecule has 2 heterocycles. The van der Waals surface area contributed by atoms with Crippen LogP contribution in [0.5, 0.6) is 0 Å². The average Bonchev–Trinajstić information content (AvgIpc) is 2.46. The van der Waals surface area contributed by atoms with Crippen LogP contribution in [-0.2, 0) is 9.53 Å². The van der Waals surface area contributed by atoms with Gasteiger partial charge in [0.05, 0.1) is 12.5 Å². The number of methoxy groups -OCH3 is 1. The Balaban J connectivity index is 1.98. The number of anilines is 1. The Morgan fingerprint density at radius 3 is 3.00 bits per heavy atom. The van der Waals surface area contributed by atoms with Gasteiger partial charge in [0.2, 0.25) is 5.91 Å². The summed E-state index contributed by atoms with van der Waals surface area (Å²) in [6, 6.07) is 1.98. The minimum Gasteiger partial charge on any atom is -0.383 e. The fraction of sp³-hybridized carbons (Fsp3) is 0.667. The van der Waals surface area contributed by atoms with Gasteiger partial charge >= 0.3 is 0 Å². The number of rotatable bonds is 5. The van der Waals surface area contributed by atoms with Crippen molar-refractivity contribution in [2.75, 3.05) is 38.3 Å². The molecule has 6 heteroatoms. The second-order valence-corrected chi connectivity index (χ2v) is 5.48. The molecule has 1 aliphatic heterocycles. The molecule has 21 heavy (non-hydrogen) atoms. The molecule has 1 amide bonds. The van der Waals surface area contributed by atoms with E-state index in [0.29, 0.717) is 19.7 Å². The van der Waals surface area contributed by atoms with E-state index < -0.39 is 0 Å². The molecule has 6 nitrogen and oxygen atoms in total. The summed E-state index contributed by atoms with van der Waals surface area (Å²) in [6.07, 6.45) is 1.93. The quantitative estimate of drug-likeness (QED) is 0.822. The van der Waals surface area contributed by atoms with Gasteiger partial charge in [-0.05, 0) is 26.7 Å². The van der Waals surface area contributed by atoms with E-state index in [2.05, 4.69) is 20.2 Å². The molecule has 0 aliphatic carbocycles. The molecule has 1 fully saturated rings. The molecule has 1 aromatic rings. The zero-order valence-corrected chi connectivity index (χ0v) is 13.1. The summed E-state index contributed by atoms with van der Waals surface area (Å²) in [5, 5.41) is 2.92. The van der Waals surface area contributed by atoms with E-state index in [1.54, 1.807) is 7.11 Å². The highest BCUT2D eigenvalue weighted by atomic mass is 16.5. The molecular formula is C15H24N4O2. The molecule has 0 bridgehead atoms. The van der Waals surface area contributed by atoms with E-state index in [-0.39, 0.29) is 11.8 Å². The Morgan fingerprint density at radius 1 is 1.48 bits per heavy atom. The number of nitrogens with zero attached hydrogens (tertiary/aromatic N) is 3. The number of piperidine rings is 1.